The molecule has 0 saturated heterocycles. The highest BCUT2D eigenvalue weighted by atomic mass is 16.6. The Balaban J connectivity index is 2.28. The van der Waals surface area contributed by atoms with Crippen LogP contribution in [-0.2, 0) is 9.53 Å². The Morgan fingerprint density at radius 2 is 1.50 bits per heavy atom. The predicted molar refractivity (Wildman–Crippen MR) is 115 cm³/mol. The van der Waals surface area contributed by atoms with Gasteiger partial charge < -0.3 is 19.9 Å². The molecule has 1 aliphatic carbocycles. The molecule has 0 aromatic heterocycles. The number of hydrogen-bond acceptors (Lipinski definition) is 8. The molecule has 0 heterocycles. The van der Waals surface area contributed by atoms with E-state index in [-0.39, 0.29) is 11.3 Å². The number of nitrogens with two attached hydrogens (primary N) is 1. The Labute approximate surface area is 185 Å². The summed E-state index contributed by atoms with van der Waals surface area (Å²) in [6.45, 7) is 0. The van der Waals surface area contributed by atoms with E-state index in [1.165, 1.54) is 21.3 Å². The first-order valence-corrected chi connectivity index (χ1v) is 9.76. The molecule has 0 fully saturated rings. The molecule has 0 aliphatic heterocycles. The average Bonchev–Trinajstić information content (AvgIpc) is 2.82. The van der Waals surface area contributed by atoms with E-state index in [1.54, 1.807) is 48.5 Å². The number of benzene rings is 2. The fourth-order valence-electron chi connectivity index (χ4n) is 4.26. The van der Waals surface area contributed by atoms with Crippen LogP contribution in [0, 0.1) is 27.4 Å². The molecule has 4 unspecified atom stereocenters. The third kappa shape index (κ3) is 3.95. The van der Waals surface area contributed by atoms with Crippen LogP contribution in [0.25, 0.3) is 0 Å². The number of nitriles is 1. The number of rotatable bonds is 6. The molecule has 9 nitrogen and oxygen atoms in total. The Morgan fingerprint density at radius 1 is 1.00 bits per heavy atom. The summed E-state index contributed by atoms with van der Waals surface area (Å²) in [4.78, 5) is 24.7. The third-order valence-electron chi connectivity index (χ3n) is 5.79. The quantitative estimate of drug-likeness (QED) is 0.414. The Kier molecular flexibility index (Phi) is 6.64. The number of allylic oxidation sites excluding steroid dienone is 1. The summed E-state index contributed by atoms with van der Waals surface area (Å²) in [5.41, 5.74) is 7.26. The second-order valence-corrected chi connectivity index (χ2v) is 7.29. The lowest BCUT2D eigenvalue weighted by atomic mass is 9.65. The van der Waals surface area contributed by atoms with Crippen LogP contribution in [-0.4, -0.2) is 38.3 Å². The maximum atomic E-state index is 12.7. The molecule has 4 atom stereocenters. The lowest BCUT2D eigenvalue weighted by Crippen LogP contribution is -2.46. The van der Waals surface area contributed by atoms with Crippen molar-refractivity contribution in [3.8, 4) is 17.6 Å². The number of carbonyl (C=O) groups excluding carboxylic acids is 1. The fraction of sp³-hybridized carbons (Fsp3) is 0.304. The Morgan fingerprint density at radius 3 is 1.91 bits per heavy atom. The normalized spacial score (nSPS) is 22.6. The Hall–Kier alpha value is -4.06. The van der Waals surface area contributed by atoms with E-state index in [2.05, 4.69) is 6.07 Å². The topological polar surface area (TPSA) is 138 Å². The number of ether oxygens (including phenoxy) is 3. The summed E-state index contributed by atoms with van der Waals surface area (Å²) < 4.78 is 15.3. The number of nitro groups is 1. The second kappa shape index (κ2) is 9.39. The van der Waals surface area contributed by atoms with E-state index in [0.29, 0.717) is 22.6 Å². The minimum Gasteiger partial charge on any atom is -0.497 e. The Bertz CT molecular complexity index is 1070. The zero-order valence-electron chi connectivity index (χ0n) is 17.8. The summed E-state index contributed by atoms with van der Waals surface area (Å²) in [6.07, 6.45) is 0. The van der Waals surface area contributed by atoms with Crippen LogP contribution in [0.2, 0.25) is 0 Å². The average molecular weight is 437 g/mol. The van der Waals surface area contributed by atoms with Crippen LogP contribution in [0.15, 0.2) is 59.8 Å². The van der Waals surface area contributed by atoms with Gasteiger partial charge in [-0.3, -0.25) is 10.1 Å². The van der Waals surface area contributed by atoms with Crippen LogP contribution < -0.4 is 15.2 Å². The van der Waals surface area contributed by atoms with Gasteiger partial charge in [-0.15, -0.1) is 0 Å². The number of methoxy groups -OCH3 is 3. The van der Waals surface area contributed by atoms with Gasteiger partial charge in [-0.25, -0.2) is 4.79 Å². The highest BCUT2D eigenvalue weighted by Gasteiger charge is 2.54. The van der Waals surface area contributed by atoms with E-state index in [4.69, 9.17) is 19.9 Å². The van der Waals surface area contributed by atoms with Crippen LogP contribution >= 0.6 is 0 Å². The SMILES string of the molecule is COC(=O)C1=C(N)C(C#N)C(c2ccc(OC)cc2)C([N+](=O)[O-])C1c1ccc(OC)cc1. The molecule has 166 valence electrons. The molecule has 0 spiro atoms. The molecule has 32 heavy (non-hydrogen) atoms. The number of esters is 1. The van der Waals surface area contributed by atoms with E-state index in [0.717, 1.165) is 0 Å². The molecule has 1 aliphatic rings. The summed E-state index contributed by atoms with van der Waals surface area (Å²) in [6, 6.07) is 14.0. The van der Waals surface area contributed by atoms with Crippen molar-refractivity contribution in [2.45, 2.75) is 17.9 Å². The molecule has 2 N–H and O–H groups in total. The van der Waals surface area contributed by atoms with Gasteiger partial charge in [0.1, 0.15) is 11.5 Å². The summed E-state index contributed by atoms with van der Waals surface area (Å²) in [5, 5.41) is 22.3. The summed E-state index contributed by atoms with van der Waals surface area (Å²) >= 11 is 0. The van der Waals surface area contributed by atoms with Crippen molar-refractivity contribution >= 4 is 5.97 Å². The lowest BCUT2D eigenvalue weighted by Gasteiger charge is -2.37. The lowest BCUT2D eigenvalue weighted by molar-refractivity contribution is -0.531. The van der Waals surface area contributed by atoms with Gasteiger partial charge in [0.05, 0.1) is 50.7 Å². The molecule has 0 amide bonds. The first-order chi connectivity index (χ1) is 15.4. The van der Waals surface area contributed by atoms with Gasteiger partial charge in [0, 0.05) is 10.6 Å². The maximum Gasteiger partial charge on any atom is 0.336 e. The fourth-order valence-corrected chi connectivity index (χ4v) is 4.26. The van der Waals surface area contributed by atoms with Crippen molar-refractivity contribution in [2.75, 3.05) is 21.3 Å². The number of carbonyl (C=O) groups is 1. The van der Waals surface area contributed by atoms with Crippen molar-refractivity contribution in [1.82, 2.24) is 0 Å². The minimum atomic E-state index is -1.34. The smallest absolute Gasteiger partial charge is 0.336 e. The highest BCUT2D eigenvalue weighted by molar-refractivity contribution is 5.92. The number of nitrogens with zero attached hydrogens (tertiary/aromatic N) is 2. The molecule has 0 bridgehead atoms. The number of hydrogen-bond donors (Lipinski definition) is 1. The molecule has 2 aromatic rings. The van der Waals surface area contributed by atoms with Crippen molar-refractivity contribution in [1.29, 1.82) is 5.26 Å². The van der Waals surface area contributed by atoms with Crippen LogP contribution in [0.3, 0.4) is 0 Å². The van der Waals surface area contributed by atoms with E-state index >= 15 is 0 Å². The summed E-state index contributed by atoms with van der Waals surface area (Å²) in [7, 11) is 4.19. The van der Waals surface area contributed by atoms with Crippen molar-refractivity contribution < 1.29 is 23.9 Å². The van der Waals surface area contributed by atoms with Gasteiger partial charge in [0.2, 0.25) is 6.04 Å². The van der Waals surface area contributed by atoms with E-state index in [1.807, 2.05) is 0 Å². The predicted octanol–water partition coefficient (Wildman–Crippen LogP) is 2.76. The zero-order chi connectivity index (χ0) is 23.4. The van der Waals surface area contributed by atoms with Gasteiger partial charge in [0.25, 0.3) is 0 Å². The van der Waals surface area contributed by atoms with Gasteiger partial charge >= 0.3 is 5.97 Å². The largest absolute Gasteiger partial charge is 0.497 e. The van der Waals surface area contributed by atoms with Crippen LogP contribution in [0.1, 0.15) is 23.0 Å². The van der Waals surface area contributed by atoms with E-state index in [9.17, 15) is 20.2 Å². The monoisotopic (exact) mass is 437 g/mol. The van der Waals surface area contributed by atoms with Gasteiger partial charge in [-0.1, -0.05) is 24.3 Å². The van der Waals surface area contributed by atoms with Crippen molar-refractivity contribution in [3.05, 3.63) is 81.0 Å². The van der Waals surface area contributed by atoms with Gasteiger partial charge in [-0.05, 0) is 35.4 Å². The molecule has 0 saturated carbocycles. The molecule has 9 heteroatoms. The molecule has 3 rings (SSSR count). The first-order valence-electron chi connectivity index (χ1n) is 9.76. The zero-order valence-corrected chi connectivity index (χ0v) is 17.8. The second-order valence-electron chi connectivity index (χ2n) is 7.29. The third-order valence-corrected chi connectivity index (χ3v) is 5.79. The molecule has 2 aromatic carbocycles. The van der Waals surface area contributed by atoms with Crippen molar-refractivity contribution in [3.63, 3.8) is 0 Å². The van der Waals surface area contributed by atoms with Crippen LogP contribution in [0.4, 0.5) is 0 Å². The molecular weight excluding hydrogens is 414 g/mol. The van der Waals surface area contributed by atoms with E-state index < -0.39 is 34.7 Å². The maximum absolute atomic E-state index is 12.7. The van der Waals surface area contributed by atoms with Gasteiger partial charge in [0.15, 0.2) is 0 Å². The van der Waals surface area contributed by atoms with Crippen LogP contribution in [0.5, 0.6) is 11.5 Å². The molecule has 0 radical (unpaired) electrons. The first kappa shape index (κ1) is 22.6. The van der Waals surface area contributed by atoms with Gasteiger partial charge in [-0.2, -0.15) is 5.26 Å². The minimum absolute atomic E-state index is 0.0286. The standard InChI is InChI=1S/C23H23N3O6/c1-30-15-8-4-13(5-9-15)18-17(12-24)21(25)20(23(27)32-3)19(22(18)26(28)29)14-6-10-16(31-2)11-7-14/h4-11,17-19,22H,25H2,1-3H3. The highest BCUT2D eigenvalue weighted by Crippen LogP contribution is 2.48. The summed E-state index contributed by atoms with van der Waals surface area (Å²) in [5.74, 6) is -2.70. The molecular formula is C23H23N3O6. The van der Waals surface area contributed by atoms with Crippen molar-refractivity contribution in [2.24, 2.45) is 11.7 Å².